The van der Waals surface area contributed by atoms with Crippen molar-refractivity contribution in [1.29, 1.82) is 5.41 Å². The third-order valence-corrected chi connectivity index (χ3v) is 3.05. The third-order valence-electron chi connectivity index (χ3n) is 3.05. The Bertz CT molecular complexity index is 477. The Morgan fingerprint density at radius 1 is 1.26 bits per heavy atom. The molecule has 0 saturated heterocycles. The average Bonchev–Trinajstić information content (AvgIpc) is 2.41. The van der Waals surface area contributed by atoms with Crippen LogP contribution in [0.15, 0.2) is 54.6 Å². The lowest BCUT2D eigenvalue weighted by molar-refractivity contribution is 0.0356. The Kier molecular flexibility index (Phi) is 4.66. The lowest BCUT2D eigenvalue weighted by atomic mass is 10.0. The molecule has 3 atom stereocenters. The Morgan fingerprint density at radius 2 is 2.00 bits per heavy atom. The molecule has 19 heavy (non-hydrogen) atoms. The largest absolute Gasteiger partial charge is 0.360 e. The van der Waals surface area contributed by atoms with Gasteiger partial charge in [-0.3, -0.25) is 0 Å². The van der Waals surface area contributed by atoms with Crippen molar-refractivity contribution < 1.29 is 4.74 Å². The fraction of sp³-hybridized carbons (Fsp3) is 0.312. The smallest absolute Gasteiger partial charge is 0.118 e. The molecular weight excluding hydrogens is 236 g/mol. The molecule has 0 saturated carbocycles. The second kappa shape index (κ2) is 6.45. The van der Waals surface area contributed by atoms with Crippen LogP contribution >= 0.6 is 0 Å². The van der Waals surface area contributed by atoms with E-state index in [-0.39, 0.29) is 18.2 Å². The topological polar surface area (TPSA) is 59.1 Å². The van der Waals surface area contributed by atoms with Gasteiger partial charge in [-0.05, 0) is 31.1 Å². The molecule has 100 valence electrons. The summed E-state index contributed by atoms with van der Waals surface area (Å²) in [5.74, 6) is 0. The van der Waals surface area contributed by atoms with Crippen LogP contribution in [0.4, 0.5) is 0 Å². The Morgan fingerprint density at radius 3 is 2.63 bits per heavy atom. The van der Waals surface area contributed by atoms with Gasteiger partial charge in [0.15, 0.2) is 0 Å². The minimum atomic E-state index is -0.283. The van der Waals surface area contributed by atoms with Gasteiger partial charge in [-0.15, -0.1) is 0 Å². The van der Waals surface area contributed by atoms with E-state index in [2.05, 4.69) is 0 Å². The number of allylic oxidation sites excluding steroid dienone is 2. The molecule has 1 aliphatic carbocycles. The highest BCUT2D eigenvalue weighted by Gasteiger charge is 2.20. The van der Waals surface area contributed by atoms with Gasteiger partial charge in [-0.1, -0.05) is 42.5 Å². The molecule has 2 rings (SSSR count). The summed E-state index contributed by atoms with van der Waals surface area (Å²) >= 11 is 0. The summed E-state index contributed by atoms with van der Waals surface area (Å²) in [6.45, 7) is 1.97. The predicted molar refractivity (Wildman–Crippen MR) is 78.3 cm³/mol. The van der Waals surface area contributed by atoms with Crippen LogP contribution in [0.2, 0.25) is 0 Å². The number of nitrogens with two attached hydrogens (primary N) is 1. The molecule has 0 heterocycles. The summed E-state index contributed by atoms with van der Waals surface area (Å²) in [5.41, 5.74) is 7.49. The van der Waals surface area contributed by atoms with Gasteiger partial charge in [0.1, 0.15) is 6.10 Å². The molecule has 0 fully saturated rings. The van der Waals surface area contributed by atoms with E-state index in [0.29, 0.717) is 5.71 Å². The molecule has 1 aliphatic rings. The SMILES string of the molecule is CC(N)CC(OC1C=CC=CC1=N)c1ccccc1. The zero-order chi connectivity index (χ0) is 13.7. The van der Waals surface area contributed by atoms with Crippen LogP contribution in [0.3, 0.4) is 0 Å². The number of hydrogen-bond acceptors (Lipinski definition) is 3. The Balaban J connectivity index is 2.12. The predicted octanol–water partition coefficient (Wildman–Crippen LogP) is 3.00. The highest BCUT2D eigenvalue weighted by molar-refractivity contribution is 5.98. The minimum absolute atomic E-state index is 0.0579. The van der Waals surface area contributed by atoms with E-state index < -0.39 is 0 Å². The normalized spacial score (nSPS) is 21.4. The molecular formula is C16H20N2O. The van der Waals surface area contributed by atoms with E-state index in [4.69, 9.17) is 15.9 Å². The molecule has 0 bridgehead atoms. The van der Waals surface area contributed by atoms with Gasteiger partial charge >= 0.3 is 0 Å². The molecule has 0 radical (unpaired) electrons. The third kappa shape index (κ3) is 3.88. The van der Waals surface area contributed by atoms with Gasteiger partial charge in [0.2, 0.25) is 0 Å². The van der Waals surface area contributed by atoms with Crippen LogP contribution in [0, 0.1) is 5.41 Å². The van der Waals surface area contributed by atoms with Crippen molar-refractivity contribution >= 4 is 5.71 Å². The van der Waals surface area contributed by atoms with Gasteiger partial charge in [0.05, 0.1) is 11.8 Å². The van der Waals surface area contributed by atoms with Crippen molar-refractivity contribution in [3.8, 4) is 0 Å². The fourth-order valence-corrected chi connectivity index (χ4v) is 2.09. The van der Waals surface area contributed by atoms with Gasteiger partial charge in [0.25, 0.3) is 0 Å². The highest BCUT2D eigenvalue weighted by Crippen LogP contribution is 2.25. The van der Waals surface area contributed by atoms with Crippen molar-refractivity contribution in [3.05, 3.63) is 60.2 Å². The molecule has 3 heteroatoms. The first-order valence-corrected chi connectivity index (χ1v) is 6.56. The quantitative estimate of drug-likeness (QED) is 0.850. The molecule has 3 N–H and O–H groups in total. The van der Waals surface area contributed by atoms with Crippen LogP contribution in [-0.4, -0.2) is 17.9 Å². The highest BCUT2D eigenvalue weighted by atomic mass is 16.5. The van der Waals surface area contributed by atoms with Crippen molar-refractivity contribution in [2.75, 3.05) is 0 Å². The maximum atomic E-state index is 7.89. The average molecular weight is 256 g/mol. The molecule has 3 unspecified atom stereocenters. The first-order chi connectivity index (χ1) is 9.16. The van der Waals surface area contributed by atoms with Crippen molar-refractivity contribution in [2.45, 2.75) is 31.6 Å². The number of rotatable bonds is 5. The Hall–Kier alpha value is -1.71. The fourth-order valence-electron chi connectivity index (χ4n) is 2.09. The van der Waals surface area contributed by atoms with Crippen molar-refractivity contribution in [2.24, 2.45) is 5.73 Å². The number of hydrogen-bond donors (Lipinski definition) is 2. The molecule has 0 aliphatic heterocycles. The maximum absolute atomic E-state index is 7.89. The van der Waals surface area contributed by atoms with Crippen LogP contribution in [-0.2, 0) is 4.74 Å². The second-order valence-electron chi connectivity index (χ2n) is 4.87. The summed E-state index contributed by atoms with van der Waals surface area (Å²) in [6.07, 6.45) is 7.81. The maximum Gasteiger partial charge on any atom is 0.118 e. The van der Waals surface area contributed by atoms with Gasteiger partial charge in [0, 0.05) is 6.04 Å². The van der Waals surface area contributed by atoms with E-state index in [1.807, 2.05) is 55.5 Å². The lowest BCUT2D eigenvalue weighted by Gasteiger charge is -2.25. The van der Waals surface area contributed by atoms with Crippen molar-refractivity contribution in [1.82, 2.24) is 0 Å². The molecule has 0 amide bonds. The van der Waals surface area contributed by atoms with Crippen LogP contribution in [0.5, 0.6) is 0 Å². The minimum Gasteiger partial charge on any atom is -0.360 e. The van der Waals surface area contributed by atoms with Gasteiger partial charge < -0.3 is 15.9 Å². The molecule has 1 aromatic carbocycles. The van der Waals surface area contributed by atoms with E-state index in [1.54, 1.807) is 6.08 Å². The summed E-state index contributed by atoms with van der Waals surface area (Å²) in [6, 6.07) is 10.1. The van der Waals surface area contributed by atoms with Gasteiger partial charge in [-0.2, -0.15) is 0 Å². The molecule has 0 aromatic heterocycles. The zero-order valence-electron chi connectivity index (χ0n) is 11.1. The second-order valence-corrected chi connectivity index (χ2v) is 4.87. The molecule has 1 aromatic rings. The lowest BCUT2D eigenvalue weighted by Crippen LogP contribution is -2.27. The molecule has 3 nitrogen and oxygen atoms in total. The first kappa shape index (κ1) is 13.7. The Labute approximate surface area is 114 Å². The standard InChI is InChI=1S/C16H20N2O/c1-12(17)11-16(13-7-3-2-4-8-13)19-15-10-6-5-9-14(15)18/h2-10,12,15-16,18H,11,17H2,1H3. The summed E-state index contributed by atoms with van der Waals surface area (Å²) in [5, 5.41) is 7.89. The van der Waals surface area contributed by atoms with Gasteiger partial charge in [-0.25, -0.2) is 0 Å². The van der Waals surface area contributed by atoms with Crippen LogP contribution < -0.4 is 5.73 Å². The van der Waals surface area contributed by atoms with E-state index in [0.717, 1.165) is 12.0 Å². The number of benzene rings is 1. The number of ether oxygens (including phenoxy) is 1. The van der Waals surface area contributed by atoms with Crippen LogP contribution in [0.25, 0.3) is 0 Å². The van der Waals surface area contributed by atoms with E-state index in [1.165, 1.54) is 0 Å². The summed E-state index contributed by atoms with van der Waals surface area (Å²) in [7, 11) is 0. The molecule has 0 spiro atoms. The van der Waals surface area contributed by atoms with E-state index in [9.17, 15) is 0 Å². The van der Waals surface area contributed by atoms with E-state index >= 15 is 0 Å². The number of nitrogens with one attached hydrogen (secondary N) is 1. The summed E-state index contributed by atoms with van der Waals surface area (Å²) < 4.78 is 6.06. The first-order valence-electron chi connectivity index (χ1n) is 6.56. The van der Waals surface area contributed by atoms with Crippen LogP contribution in [0.1, 0.15) is 25.0 Å². The zero-order valence-corrected chi connectivity index (χ0v) is 11.1. The monoisotopic (exact) mass is 256 g/mol. The summed E-state index contributed by atoms with van der Waals surface area (Å²) in [4.78, 5) is 0. The van der Waals surface area contributed by atoms with Crippen molar-refractivity contribution in [3.63, 3.8) is 0 Å².